The number of rotatable bonds is 1. The first-order valence-corrected chi connectivity index (χ1v) is 3.97. The van der Waals surface area contributed by atoms with Gasteiger partial charge in [-0.2, -0.15) is 0 Å². The number of nitrogens with zero attached hydrogens (tertiary/aromatic N) is 3. The lowest BCUT2D eigenvalue weighted by atomic mass is 10.3. The van der Waals surface area contributed by atoms with Crippen molar-refractivity contribution >= 4 is 22.7 Å². The molecule has 2 heterocycles. The minimum atomic E-state index is 0.461. The normalized spacial score (nSPS) is 10.6. The molecule has 68 valence electrons. The summed E-state index contributed by atoms with van der Waals surface area (Å²) in [7, 11) is 3.73. The second-order valence-corrected chi connectivity index (χ2v) is 2.87. The Morgan fingerprint density at radius 1 is 1.54 bits per heavy atom. The summed E-state index contributed by atoms with van der Waals surface area (Å²) in [6.45, 7) is 0. The molecular weight excluding hydrogens is 166 g/mol. The molecule has 0 saturated carbocycles. The van der Waals surface area contributed by atoms with Crippen LogP contribution in [0.5, 0.6) is 0 Å². The maximum absolute atomic E-state index is 5.72. The Morgan fingerprint density at radius 2 is 2.31 bits per heavy atom. The van der Waals surface area contributed by atoms with E-state index in [4.69, 9.17) is 5.73 Å². The molecule has 0 bridgehead atoms. The molecular formula is C8H11N5. The van der Waals surface area contributed by atoms with Gasteiger partial charge in [0.1, 0.15) is 11.3 Å². The monoisotopic (exact) mass is 177 g/mol. The molecule has 5 heteroatoms. The molecule has 0 unspecified atom stereocenters. The number of fused-ring (bicyclic) bond motifs is 1. The Bertz CT molecular complexity index is 445. The van der Waals surface area contributed by atoms with Crippen molar-refractivity contribution in [3.8, 4) is 0 Å². The van der Waals surface area contributed by atoms with Crippen LogP contribution in [0.4, 0.5) is 11.6 Å². The summed E-state index contributed by atoms with van der Waals surface area (Å²) in [4.78, 5) is 8.26. The average Bonchev–Trinajstić information content (AvgIpc) is 2.48. The predicted molar refractivity (Wildman–Crippen MR) is 52.5 cm³/mol. The molecule has 0 saturated heterocycles. The van der Waals surface area contributed by atoms with Gasteiger partial charge in [-0.25, -0.2) is 9.97 Å². The fourth-order valence-electron chi connectivity index (χ4n) is 1.28. The summed E-state index contributed by atoms with van der Waals surface area (Å²) >= 11 is 0. The van der Waals surface area contributed by atoms with E-state index in [2.05, 4.69) is 15.3 Å². The van der Waals surface area contributed by atoms with Crippen molar-refractivity contribution in [3.63, 3.8) is 0 Å². The Labute approximate surface area is 75.6 Å². The third kappa shape index (κ3) is 1.09. The molecule has 0 radical (unpaired) electrons. The zero-order valence-corrected chi connectivity index (χ0v) is 7.57. The summed E-state index contributed by atoms with van der Waals surface area (Å²) in [6.07, 6.45) is 1.72. The minimum Gasteiger partial charge on any atom is -0.382 e. The van der Waals surface area contributed by atoms with Crippen LogP contribution < -0.4 is 11.1 Å². The molecule has 0 atom stereocenters. The second-order valence-electron chi connectivity index (χ2n) is 2.87. The fourth-order valence-corrected chi connectivity index (χ4v) is 1.28. The lowest BCUT2D eigenvalue weighted by molar-refractivity contribution is 0.947. The number of anilines is 2. The van der Waals surface area contributed by atoms with Crippen LogP contribution in [0.1, 0.15) is 0 Å². The highest BCUT2D eigenvalue weighted by Crippen LogP contribution is 2.20. The first-order valence-electron chi connectivity index (χ1n) is 3.97. The van der Waals surface area contributed by atoms with Gasteiger partial charge in [0.05, 0.1) is 11.8 Å². The van der Waals surface area contributed by atoms with E-state index in [1.807, 2.05) is 24.7 Å². The second kappa shape index (κ2) is 2.62. The van der Waals surface area contributed by atoms with Gasteiger partial charge >= 0.3 is 0 Å². The van der Waals surface area contributed by atoms with E-state index in [0.29, 0.717) is 5.82 Å². The minimum absolute atomic E-state index is 0.461. The number of nitrogens with two attached hydrogens (primary N) is 1. The van der Waals surface area contributed by atoms with Crippen LogP contribution in [0.2, 0.25) is 0 Å². The van der Waals surface area contributed by atoms with Crippen LogP contribution in [-0.2, 0) is 7.05 Å². The van der Waals surface area contributed by atoms with E-state index in [1.165, 1.54) is 0 Å². The van der Waals surface area contributed by atoms with Gasteiger partial charge in [0.15, 0.2) is 5.82 Å². The number of hydrogen-bond acceptors (Lipinski definition) is 4. The van der Waals surface area contributed by atoms with E-state index in [9.17, 15) is 0 Å². The van der Waals surface area contributed by atoms with E-state index >= 15 is 0 Å². The number of aromatic nitrogens is 3. The first-order chi connectivity index (χ1) is 6.22. The lowest BCUT2D eigenvalue weighted by Crippen LogP contribution is -1.98. The number of aryl methyl sites for hydroxylation is 1. The summed E-state index contributed by atoms with van der Waals surface area (Å²) < 4.78 is 1.91. The Morgan fingerprint density at radius 3 is 3.00 bits per heavy atom. The van der Waals surface area contributed by atoms with Gasteiger partial charge in [0, 0.05) is 20.2 Å². The SMILES string of the molecule is CNc1cc2c(ncn2C)c(N)n1. The Balaban J connectivity index is 2.80. The summed E-state index contributed by atoms with van der Waals surface area (Å²) in [5, 5.41) is 2.94. The van der Waals surface area contributed by atoms with Gasteiger partial charge in [0.2, 0.25) is 0 Å². The van der Waals surface area contributed by atoms with Gasteiger partial charge in [-0.15, -0.1) is 0 Å². The maximum Gasteiger partial charge on any atom is 0.154 e. The van der Waals surface area contributed by atoms with Crippen molar-refractivity contribution in [2.75, 3.05) is 18.1 Å². The molecule has 2 aromatic heterocycles. The molecule has 2 aromatic rings. The van der Waals surface area contributed by atoms with Gasteiger partial charge < -0.3 is 15.6 Å². The number of hydrogen-bond donors (Lipinski definition) is 2. The molecule has 0 spiro atoms. The largest absolute Gasteiger partial charge is 0.382 e. The number of pyridine rings is 1. The fraction of sp³-hybridized carbons (Fsp3) is 0.250. The van der Waals surface area contributed by atoms with Gasteiger partial charge in [-0.1, -0.05) is 0 Å². The predicted octanol–water partition coefficient (Wildman–Crippen LogP) is 0.592. The van der Waals surface area contributed by atoms with Crippen LogP contribution in [0, 0.1) is 0 Å². The van der Waals surface area contributed by atoms with Crippen molar-refractivity contribution in [2.45, 2.75) is 0 Å². The molecule has 0 aliphatic carbocycles. The number of nitrogens with one attached hydrogen (secondary N) is 1. The molecule has 5 nitrogen and oxygen atoms in total. The van der Waals surface area contributed by atoms with Crippen molar-refractivity contribution in [2.24, 2.45) is 7.05 Å². The summed E-state index contributed by atoms with van der Waals surface area (Å²) in [5.41, 5.74) is 7.45. The molecule has 0 aromatic carbocycles. The van der Waals surface area contributed by atoms with Crippen LogP contribution in [-0.4, -0.2) is 21.6 Å². The number of imidazole rings is 1. The highest BCUT2D eigenvalue weighted by Gasteiger charge is 2.05. The van der Waals surface area contributed by atoms with Gasteiger partial charge in [-0.3, -0.25) is 0 Å². The molecule has 0 aliphatic heterocycles. The third-order valence-corrected chi connectivity index (χ3v) is 2.00. The van der Waals surface area contributed by atoms with E-state index in [1.54, 1.807) is 6.33 Å². The Kier molecular flexibility index (Phi) is 1.58. The van der Waals surface area contributed by atoms with Gasteiger partial charge in [-0.05, 0) is 0 Å². The summed E-state index contributed by atoms with van der Waals surface area (Å²) in [6, 6.07) is 1.92. The van der Waals surface area contributed by atoms with Crippen LogP contribution in [0.15, 0.2) is 12.4 Å². The van der Waals surface area contributed by atoms with E-state index in [-0.39, 0.29) is 0 Å². The molecule has 0 aliphatic rings. The van der Waals surface area contributed by atoms with Crippen LogP contribution in [0.25, 0.3) is 11.0 Å². The summed E-state index contributed by atoms with van der Waals surface area (Å²) in [5.74, 6) is 1.22. The van der Waals surface area contributed by atoms with Gasteiger partial charge in [0.25, 0.3) is 0 Å². The molecule has 0 amide bonds. The smallest absolute Gasteiger partial charge is 0.154 e. The van der Waals surface area contributed by atoms with Crippen molar-refractivity contribution < 1.29 is 0 Å². The molecule has 0 fully saturated rings. The Hall–Kier alpha value is -1.78. The van der Waals surface area contributed by atoms with E-state index < -0.39 is 0 Å². The van der Waals surface area contributed by atoms with Crippen LogP contribution in [0.3, 0.4) is 0 Å². The topological polar surface area (TPSA) is 68.8 Å². The quantitative estimate of drug-likeness (QED) is 0.669. The van der Waals surface area contributed by atoms with Crippen molar-refractivity contribution in [1.29, 1.82) is 0 Å². The number of nitrogen functional groups attached to an aromatic ring is 1. The zero-order chi connectivity index (χ0) is 9.42. The first kappa shape index (κ1) is 7.85. The van der Waals surface area contributed by atoms with Crippen LogP contribution >= 0.6 is 0 Å². The highest BCUT2D eigenvalue weighted by atomic mass is 15.1. The highest BCUT2D eigenvalue weighted by molar-refractivity contribution is 5.87. The van der Waals surface area contributed by atoms with E-state index in [0.717, 1.165) is 16.9 Å². The zero-order valence-electron chi connectivity index (χ0n) is 7.57. The third-order valence-electron chi connectivity index (χ3n) is 2.00. The standard InChI is InChI=1S/C8H11N5/c1-10-6-3-5-7(8(9)12-6)11-4-13(5)2/h3-4H,1-2H3,(H3,9,10,12). The molecule has 3 N–H and O–H groups in total. The van der Waals surface area contributed by atoms with Crippen molar-refractivity contribution in [3.05, 3.63) is 12.4 Å². The molecule has 2 rings (SSSR count). The van der Waals surface area contributed by atoms with Crippen molar-refractivity contribution in [1.82, 2.24) is 14.5 Å². The lowest BCUT2D eigenvalue weighted by Gasteiger charge is -2.02. The molecule has 13 heavy (non-hydrogen) atoms. The maximum atomic E-state index is 5.72. The average molecular weight is 177 g/mol.